The molecule has 0 unspecified atom stereocenters. The van der Waals surface area contributed by atoms with E-state index in [0.29, 0.717) is 29.2 Å². The summed E-state index contributed by atoms with van der Waals surface area (Å²) in [6.07, 6.45) is 3.44. The molecule has 36 heavy (non-hydrogen) atoms. The third kappa shape index (κ3) is 3.86. The minimum Gasteiger partial charge on any atom is -0.410 e. The van der Waals surface area contributed by atoms with Crippen molar-refractivity contribution >= 4 is 23.0 Å². The highest BCUT2D eigenvalue weighted by molar-refractivity contribution is 5.96. The van der Waals surface area contributed by atoms with Crippen LogP contribution < -0.4 is 10.5 Å². The van der Waals surface area contributed by atoms with Crippen LogP contribution in [0.25, 0.3) is 16.7 Å². The number of pyridine rings is 1. The van der Waals surface area contributed by atoms with Gasteiger partial charge in [0.05, 0.1) is 12.2 Å². The maximum Gasteiger partial charge on any atom is 0.409 e. The molecule has 1 aliphatic carbocycles. The number of hydrogen-bond acceptors (Lipinski definition) is 5. The third-order valence-electron chi connectivity index (χ3n) is 6.98. The van der Waals surface area contributed by atoms with E-state index in [1.165, 1.54) is 22.4 Å². The Labute approximate surface area is 206 Å². The van der Waals surface area contributed by atoms with Crippen LogP contribution in [0.5, 0.6) is 5.75 Å². The molecular weight excluding hydrogens is 461 g/mol. The van der Waals surface area contributed by atoms with Crippen molar-refractivity contribution in [2.75, 3.05) is 6.54 Å². The molecule has 8 nitrogen and oxygen atoms in total. The van der Waals surface area contributed by atoms with E-state index in [4.69, 9.17) is 10.5 Å². The Hall–Kier alpha value is -4.27. The average molecular weight is 486 g/mol. The Morgan fingerprint density at radius 1 is 1.11 bits per heavy atom. The minimum absolute atomic E-state index is 0.00219. The molecule has 1 saturated carbocycles. The lowest BCUT2D eigenvalue weighted by Gasteiger charge is -2.35. The number of aromatic nitrogens is 3. The zero-order valence-electron chi connectivity index (χ0n) is 19.6. The predicted octanol–water partition coefficient (Wildman–Crippen LogP) is 4.65. The number of benzene rings is 2. The molecule has 9 heteroatoms. The Morgan fingerprint density at radius 3 is 2.67 bits per heavy atom. The molecule has 0 radical (unpaired) electrons. The fraction of sp³-hybridized carbons (Fsp3) is 0.259. The molecule has 4 aromatic rings. The van der Waals surface area contributed by atoms with Gasteiger partial charge in [-0.05, 0) is 67.0 Å². The number of primary amides is 1. The molecule has 1 atom stereocenters. The van der Waals surface area contributed by atoms with E-state index < -0.39 is 11.9 Å². The number of carbonyl (C=O) groups excluding carboxylic acids is 2. The summed E-state index contributed by atoms with van der Waals surface area (Å²) >= 11 is 0. The van der Waals surface area contributed by atoms with E-state index in [2.05, 4.69) is 22.2 Å². The second kappa shape index (κ2) is 8.44. The van der Waals surface area contributed by atoms with E-state index in [1.807, 2.05) is 30.0 Å². The molecule has 1 aliphatic heterocycles. The van der Waals surface area contributed by atoms with Gasteiger partial charge in [-0.15, -0.1) is 0 Å². The molecule has 2 aliphatic rings. The van der Waals surface area contributed by atoms with Crippen LogP contribution in [0.2, 0.25) is 0 Å². The van der Waals surface area contributed by atoms with Gasteiger partial charge in [-0.1, -0.05) is 24.3 Å². The second-order valence-electron chi connectivity index (χ2n) is 9.34. The van der Waals surface area contributed by atoms with Crippen molar-refractivity contribution in [1.29, 1.82) is 0 Å². The highest BCUT2D eigenvalue weighted by atomic mass is 19.1. The van der Waals surface area contributed by atoms with Crippen molar-refractivity contribution in [3.63, 3.8) is 0 Å². The number of ether oxygens (including phenoxy) is 1. The SMILES string of the molecule is C[C@@H]1c2ccccc2CCN1C(=O)c1cc(C2CC2)c2nn(-c3ccc(OC(N)=O)cc3F)cc2n1. The van der Waals surface area contributed by atoms with Crippen molar-refractivity contribution < 1.29 is 18.7 Å². The average Bonchev–Trinajstić information content (AvgIpc) is 3.61. The van der Waals surface area contributed by atoms with Crippen molar-refractivity contribution in [1.82, 2.24) is 19.7 Å². The van der Waals surface area contributed by atoms with Gasteiger partial charge in [0.1, 0.15) is 28.2 Å². The molecule has 1 fully saturated rings. The maximum atomic E-state index is 14.8. The molecule has 6 rings (SSSR count). The summed E-state index contributed by atoms with van der Waals surface area (Å²) < 4.78 is 21.0. The van der Waals surface area contributed by atoms with Gasteiger partial charge in [0.25, 0.3) is 5.91 Å². The normalized spacial score (nSPS) is 17.2. The van der Waals surface area contributed by atoms with Crippen LogP contribution in [0, 0.1) is 5.82 Å². The molecule has 2 aromatic heterocycles. The van der Waals surface area contributed by atoms with Crippen molar-refractivity contribution in [2.45, 2.75) is 38.1 Å². The number of rotatable bonds is 4. The van der Waals surface area contributed by atoms with Gasteiger partial charge >= 0.3 is 6.09 Å². The fourth-order valence-electron chi connectivity index (χ4n) is 5.02. The van der Waals surface area contributed by atoms with E-state index in [9.17, 15) is 14.0 Å². The first-order valence-electron chi connectivity index (χ1n) is 12.0. The largest absolute Gasteiger partial charge is 0.410 e. The lowest BCUT2D eigenvalue weighted by atomic mass is 9.93. The maximum absolute atomic E-state index is 14.8. The zero-order valence-corrected chi connectivity index (χ0v) is 19.6. The molecule has 2 aromatic carbocycles. The minimum atomic E-state index is -1.02. The van der Waals surface area contributed by atoms with Gasteiger partial charge in [-0.2, -0.15) is 5.10 Å². The number of amides is 2. The monoisotopic (exact) mass is 485 g/mol. The number of halogens is 1. The van der Waals surface area contributed by atoms with Crippen molar-refractivity contribution in [3.05, 3.63) is 82.9 Å². The Morgan fingerprint density at radius 2 is 1.92 bits per heavy atom. The number of fused-ring (bicyclic) bond motifs is 2. The standard InChI is InChI=1S/C27H24FN5O3/c1-15-19-5-3-2-4-16(19)10-11-32(15)26(34)22-13-20(17-6-7-17)25-23(30-22)14-33(31-25)24-9-8-18(12-21(24)28)36-27(29)35/h2-5,8-9,12-15,17H,6-7,10-11H2,1H3,(H2,29,35)/t15-/m1/s1. The molecular formula is C27H24FN5O3. The molecule has 2 N–H and O–H groups in total. The quantitative estimate of drug-likeness (QED) is 0.453. The number of nitrogens with two attached hydrogens (primary N) is 1. The lowest BCUT2D eigenvalue weighted by molar-refractivity contribution is 0.0672. The highest BCUT2D eigenvalue weighted by Gasteiger charge is 2.32. The molecule has 3 heterocycles. The Kier molecular flexibility index (Phi) is 5.21. The summed E-state index contributed by atoms with van der Waals surface area (Å²) in [4.78, 5) is 31.1. The fourth-order valence-corrected chi connectivity index (χ4v) is 5.02. The van der Waals surface area contributed by atoms with Gasteiger partial charge in [-0.25, -0.2) is 18.9 Å². The molecule has 0 bridgehead atoms. The van der Waals surface area contributed by atoms with Gasteiger partial charge in [-0.3, -0.25) is 4.79 Å². The number of hydrogen-bond donors (Lipinski definition) is 1. The van der Waals surface area contributed by atoms with Crippen LogP contribution in [0.15, 0.2) is 54.7 Å². The first-order valence-corrected chi connectivity index (χ1v) is 12.0. The predicted molar refractivity (Wildman–Crippen MR) is 131 cm³/mol. The number of carbonyl (C=O) groups is 2. The summed E-state index contributed by atoms with van der Waals surface area (Å²) in [6, 6.07) is 14.0. The van der Waals surface area contributed by atoms with Crippen molar-refractivity contribution in [3.8, 4) is 11.4 Å². The summed E-state index contributed by atoms with van der Waals surface area (Å²) in [5, 5.41) is 4.61. The number of nitrogens with zero attached hydrogens (tertiary/aromatic N) is 4. The smallest absolute Gasteiger partial charge is 0.409 e. The Balaban J connectivity index is 1.37. The van der Waals surface area contributed by atoms with Gasteiger partial charge in [0, 0.05) is 12.6 Å². The summed E-state index contributed by atoms with van der Waals surface area (Å²) in [6.45, 7) is 2.67. The van der Waals surface area contributed by atoms with E-state index in [1.54, 1.807) is 6.20 Å². The van der Waals surface area contributed by atoms with Crippen LogP contribution >= 0.6 is 0 Å². The van der Waals surface area contributed by atoms with E-state index in [-0.39, 0.29) is 23.4 Å². The van der Waals surface area contributed by atoms with Crippen LogP contribution in [0.4, 0.5) is 9.18 Å². The Bertz CT molecular complexity index is 1530. The topological polar surface area (TPSA) is 103 Å². The summed E-state index contributed by atoms with van der Waals surface area (Å²) in [7, 11) is 0. The van der Waals surface area contributed by atoms with Crippen LogP contribution in [-0.4, -0.2) is 38.2 Å². The first kappa shape index (κ1) is 22.2. The molecule has 2 amide bonds. The summed E-state index contributed by atoms with van der Waals surface area (Å²) in [5.74, 6) is -0.442. The third-order valence-corrected chi connectivity index (χ3v) is 6.98. The molecule has 0 saturated heterocycles. The first-order chi connectivity index (χ1) is 17.4. The zero-order chi connectivity index (χ0) is 25.0. The molecule has 182 valence electrons. The van der Waals surface area contributed by atoms with Crippen LogP contribution in [0.1, 0.15) is 58.9 Å². The van der Waals surface area contributed by atoms with Gasteiger partial charge in [0.15, 0.2) is 5.82 Å². The van der Waals surface area contributed by atoms with Crippen LogP contribution in [-0.2, 0) is 6.42 Å². The van der Waals surface area contributed by atoms with E-state index >= 15 is 0 Å². The summed E-state index contributed by atoms with van der Waals surface area (Å²) in [5.41, 5.74) is 10.1. The second-order valence-corrected chi connectivity index (χ2v) is 9.34. The van der Waals surface area contributed by atoms with Gasteiger partial charge in [0.2, 0.25) is 0 Å². The van der Waals surface area contributed by atoms with E-state index in [0.717, 1.165) is 36.5 Å². The van der Waals surface area contributed by atoms with Gasteiger partial charge < -0.3 is 15.4 Å². The van der Waals surface area contributed by atoms with Crippen LogP contribution in [0.3, 0.4) is 0 Å². The van der Waals surface area contributed by atoms with Crippen molar-refractivity contribution in [2.24, 2.45) is 5.73 Å². The molecule has 0 spiro atoms. The lowest BCUT2D eigenvalue weighted by Crippen LogP contribution is -2.39. The highest BCUT2D eigenvalue weighted by Crippen LogP contribution is 2.43.